The number of hydrogen-bond acceptors (Lipinski definition) is 3. The molecule has 4 nitrogen and oxygen atoms in total. The van der Waals surface area contributed by atoms with Crippen molar-refractivity contribution in [1.82, 2.24) is 10.2 Å². The Labute approximate surface area is 108 Å². The molecular formula is C14H20N2O2. The lowest BCUT2D eigenvalue weighted by Crippen LogP contribution is -2.59. The lowest BCUT2D eigenvalue weighted by molar-refractivity contribution is -0.139. The molecule has 0 spiro atoms. The first-order chi connectivity index (χ1) is 8.72. The minimum Gasteiger partial charge on any atom is -0.396 e. The number of nitrogens with one attached hydrogen (secondary N) is 1. The minimum absolute atomic E-state index is 0.0387. The van der Waals surface area contributed by atoms with Crippen molar-refractivity contribution < 1.29 is 9.90 Å². The highest BCUT2D eigenvalue weighted by Gasteiger charge is 2.32. The minimum atomic E-state index is -0.241. The SMILES string of the molecule is CC1CNC(CCO)C(=O)N1Cc1ccccc1. The molecular weight excluding hydrogens is 228 g/mol. The van der Waals surface area contributed by atoms with E-state index in [2.05, 4.69) is 5.32 Å². The number of hydrogen-bond donors (Lipinski definition) is 2. The first-order valence-corrected chi connectivity index (χ1v) is 6.41. The second kappa shape index (κ2) is 5.98. The fraction of sp³-hybridized carbons (Fsp3) is 0.500. The fourth-order valence-corrected chi connectivity index (χ4v) is 2.30. The Kier molecular flexibility index (Phi) is 4.33. The molecule has 1 aromatic carbocycles. The molecule has 1 aliphatic heterocycles. The average molecular weight is 248 g/mol. The molecule has 98 valence electrons. The summed E-state index contributed by atoms with van der Waals surface area (Å²) >= 11 is 0. The Morgan fingerprint density at radius 3 is 2.78 bits per heavy atom. The van der Waals surface area contributed by atoms with Gasteiger partial charge in [0.15, 0.2) is 0 Å². The monoisotopic (exact) mass is 248 g/mol. The summed E-state index contributed by atoms with van der Waals surface area (Å²) in [4.78, 5) is 14.2. The van der Waals surface area contributed by atoms with Crippen LogP contribution in [-0.4, -0.2) is 41.1 Å². The maximum Gasteiger partial charge on any atom is 0.240 e. The third kappa shape index (κ3) is 2.89. The van der Waals surface area contributed by atoms with Crippen molar-refractivity contribution in [3.05, 3.63) is 35.9 Å². The smallest absolute Gasteiger partial charge is 0.240 e. The van der Waals surface area contributed by atoms with Crippen LogP contribution in [0.15, 0.2) is 30.3 Å². The maximum absolute atomic E-state index is 12.3. The van der Waals surface area contributed by atoms with Crippen LogP contribution in [0.4, 0.5) is 0 Å². The van der Waals surface area contributed by atoms with Gasteiger partial charge in [0.05, 0.1) is 6.04 Å². The van der Waals surface area contributed by atoms with E-state index >= 15 is 0 Å². The summed E-state index contributed by atoms with van der Waals surface area (Å²) in [5.41, 5.74) is 1.14. The molecule has 18 heavy (non-hydrogen) atoms. The standard InChI is InChI=1S/C14H20N2O2/c1-11-9-15-13(7-8-17)14(18)16(11)10-12-5-3-2-4-6-12/h2-6,11,13,15,17H,7-10H2,1H3. The summed E-state index contributed by atoms with van der Waals surface area (Å²) in [5, 5.41) is 12.2. The summed E-state index contributed by atoms with van der Waals surface area (Å²) in [6, 6.07) is 9.95. The number of benzene rings is 1. The number of carbonyl (C=O) groups is 1. The molecule has 2 unspecified atom stereocenters. The maximum atomic E-state index is 12.3. The molecule has 1 aliphatic rings. The second-order valence-corrected chi connectivity index (χ2v) is 4.77. The van der Waals surface area contributed by atoms with Gasteiger partial charge >= 0.3 is 0 Å². The largest absolute Gasteiger partial charge is 0.396 e. The van der Waals surface area contributed by atoms with Crippen LogP contribution in [0.1, 0.15) is 18.9 Å². The molecule has 2 atom stereocenters. The molecule has 4 heteroatoms. The van der Waals surface area contributed by atoms with Gasteiger partial charge in [-0.05, 0) is 18.9 Å². The molecule has 2 rings (SSSR count). The van der Waals surface area contributed by atoms with Crippen LogP contribution < -0.4 is 5.32 Å². The lowest BCUT2D eigenvalue weighted by Gasteiger charge is -2.38. The first kappa shape index (κ1) is 13.1. The zero-order valence-corrected chi connectivity index (χ0v) is 10.7. The summed E-state index contributed by atoms with van der Waals surface area (Å²) < 4.78 is 0. The van der Waals surface area contributed by atoms with Gasteiger partial charge in [-0.1, -0.05) is 30.3 Å². The van der Waals surface area contributed by atoms with Crippen molar-refractivity contribution >= 4 is 5.91 Å². The van der Waals surface area contributed by atoms with Crippen molar-refractivity contribution in [3.8, 4) is 0 Å². The van der Waals surface area contributed by atoms with Crippen molar-refractivity contribution in [3.63, 3.8) is 0 Å². The number of aliphatic hydroxyl groups excluding tert-OH is 1. The van der Waals surface area contributed by atoms with Crippen LogP contribution in [0.3, 0.4) is 0 Å². The molecule has 1 aromatic rings. The molecule has 1 fully saturated rings. The van der Waals surface area contributed by atoms with Gasteiger partial charge in [0.2, 0.25) is 5.91 Å². The van der Waals surface area contributed by atoms with Crippen LogP contribution >= 0.6 is 0 Å². The van der Waals surface area contributed by atoms with Crippen LogP contribution in [0.25, 0.3) is 0 Å². The zero-order valence-electron chi connectivity index (χ0n) is 10.7. The molecule has 1 heterocycles. The highest BCUT2D eigenvalue weighted by atomic mass is 16.3. The van der Waals surface area contributed by atoms with Crippen molar-refractivity contribution in [2.75, 3.05) is 13.2 Å². The van der Waals surface area contributed by atoms with E-state index in [9.17, 15) is 4.79 Å². The normalized spacial score (nSPS) is 24.3. The Hall–Kier alpha value is -1.39. The highest BCUT2D eigenvalue weighted by Crippen LogP contribution is 2.14. The van der Waals surface area contributed by atoms with E-state index in [0.717, 1.165) is 12.1 Å². The van der Waals surface area contributed by atoms with Crippen molar-refractivity contribution in [1.29, 1.82) is 0 Å². The van der Waals surface area contributed by atoms with E-state index in [1.54, 1.807) is 0 Å². The zero-order chi connectivity index (χ0) is 13.0. The van der Waals surface area contributed by atoms with Crippen molar-refractivity contribution in [2.45, 2.75) is 32.0 Å². The topological polar surface area (TPSA) is 52.6 Å². The number of amides is 1. The highest BCUT2D eigenvalue weighted by molar-refractivity contribution is 5.83. The fourth-order valence-electron chi connectivity index (χ4n) is 2.30. The van der Waals surface area contributed by atoms with Gasteiger partial charge in [-0.2, -0.15) is 0 Å². The van der Waals surface area contributed by atoms with E-state index in [4.69, 9.17) is 5.11 Å². The Morgan fingerprint density at radius 1 is 1.39 bits per heavy atom. The van der Waals surface area contributed by atoms with E-state index in [1.807, 2.05) is 42.2 Å². The van der Waals surface area contributed by atoms with Crippen LogP contribution in [0, 0.1) is 0 Å². The number of nitrogens with zero attached hydrogens (tertiary/aromatic N) is 1. The van der Waals surface area contributed by atoms with Gasteiger partial charge in [0.25, 0.3) is 0 Å². The second-order valence-electron chi connectivity index (χ2n) is 4.77. The first-order valence-electron chi connectivity index (χ1n) is 6.41. The van der Waals surface area contributed by atoms with E-state index < -0.39 is 0 Å². The van der Waals surface area contributed by atoms with Gasteiger partial charge in [-0.3, -0.25) is 4.79 Å². The summed E-state index contributed by atoms with van der Waals surface area (Å²) in [5.74, 6) is 0.0895. The lowest BCUT2D eigenvalue weighted by atomic mass is 10.1. The van der Waals surface area contributed by atoms with Gasteiger partial charge < -0.3 is 15.3 Å². The quantitative estimate of drug-likeness (QED) is 0.827. The van der Waals surface area contributed by atoms with Crippen LogP contribution in [-0.2, 0) is 11.3 Å². The van der Waals surface area contributed by atoms with Crippen LogP contribution in [0.2, 0.25) is 0 Å². The molecule has 2 N–H and O–H groups in total. The molecule has 0 saturated carbocycles. The van der Waals surface area contributed by atoms with Gasteiger partial charge in [0.1, 0.15) is 0 Å². The molecule has 0 aliphatic carbocycles. The van der Waals surface area contributed by atoms with Crippen LogP contribution in [0.5, 0.6) is 0 Å². The van der Waals surface area contributed by atoms with Gasteiger partial charge in [0, 0.05) is 25.7 Å². The predicted octanol–water partition coefficient (Wildman–Crippen LogP) is 0.758. The van der Waals surface area contributed by atoms with Gasteiger partial charge in [-0.25, -0.2) is 0 Å². The average Bonchev–Trinajstić information content (AvgIpc) is 2.39. The third-order valence-electron chi connectivity index (χ3n) is 3.39. The molecule has 0 radical (unpaired) electrons. The molecule has 0 bridgehead atoms. The third-order valence-corrected chi connectivity index (χ3v) is 3.39. The van der Waals surface area contributed by atoms with E-state index in [-0.39, 0.29) is 24.6 Å². The van der Waals surface area contributed by atoms with E-state index in [0.29, 0.717) is 13.0 Å². The molecule has 1 saturated heterocycles. The number of aliphatic hydroxyl groups is 1. The number of carbonyl (C=O) groups excluding carboxylic acids is 1. The summed E-state index contributed by atoms with van der Waals surface area (Å²) in [6.07, 6.45) is 0.483. The van der Waals surface area contributed by atoms with Gasteiger partial charge in [-0.15, -0.1) is 0 Å². The predicted molar refractivity (Wildman–Crippen MR) is 69.9 cm³/mol. The Balaban J connectivity index is 2.07. The Bertz CT molecular complexity index is 394. The Morgan fingerprint density at radius 2 is 2.11 bits per heavy atom. The molecule has 0 aromatic heterocycles. The van der Waals surface area contributed by atoms with E-state index in [1.165, 1.54) is 0 Å². The number of rotatable bonds is 4. The summed E-state index contributed by atoms with van der Waals surface area (Å²) in [6.45, 7) is 3.51. The number of piperazine rings is 1. The van der Waals surface area contributed by atoms with Crippen molar-refractivity contribution in [2.24, 2.45) is 0 Å². The summed E-state index contributed by atoms with van der Waals surface area (Å²) in [7, 11) is 0. The molecule has 1 amide bonds.